The Bertz CT molecular complexity index is 600. The van der Waals surface area contributed by atoms with Crippen molar-refractivity contribution in [2.75, 3.05) is 18.0 Å². The summed E-state index contributed by atoms with van der Waals surface area (Å²) in [6.45, 7) is 2.21. The zero-order valence-electron chi connectivity index (χ0n) is 11.8. The fraction of sp³-hybridized carbons (Fsp3) is 0.375. The smallest absolute Gasteiger partial charge is 0.133 e. The van der Waals surface area contributed by atoms with Crippen LogP contribution in [0.4, 0.5) is 5.82 Å². The molecule has 0 unspecified atom stereocenters. The predicted molar refractivity (Wildman–Crippen MR) is 89.1 cm³/mol. The van der Waals surface area contributed by atoms with Crippen LogP contribution in [-0.4, -0.2) is 23.1 Å². The van der Waals surface area contributed by atoms with E-state index >= 15 is 0 Å². The number of aromatic nitrogens is 2. The first-order valence-electron chi connectivity index (χ1n) is 7.25. The second-order valence-corrected chi connectivity index (χ2v) is 6.61. The minimum atomic E-state index is 0.782. The minimum Gasteiger partial charge on any atom is -0.356 e. The SMILES string of the molecule is Clc1cccc(CSc2cc(N3CCCCC3)ncn2)c1. The molecule has 21 heavy (non-hydrogen) atoms. The van der Waals surface area contributed by atoms with Crippen molar-refractivity contribution in [3.8, 4) is 0 Å². The van der Waals surface area contributed by atoms with Crippen LogP contribution in [0, 0.1) is 0 Å². The maximum absolute atomic E-state index is 6.01. The second-order valence-electron chi connectivity index (χ2n) is 5.18. The fourth-order valence-electron chi connectivity index (χ4n) is 2.49. The largest absolute Gasteiger partial charge is 0.356 e. The van der Waals surface area contributed by atoms with Gasteiger partial charge in [0.15, 0.2) is 0 Å². The van der Waals surface area contributed by atoms with Crippen molar-refractivity contribution >= 4 is 29.2 Å². The summed E-state index contributed by atoms with van der Waals surface area (Å²) in [6, 6.07) is 10.1. The Morgan fingerprint density at radius 2 is 1.95 bits per heavy atom. The number of piperidine rings is 1. The number of nitrogens with zero attached hydrogens (tertiary/aromatic N) is 3. The molecule has 1 aliphatic heterocycles. The van der Waals surface area contributed by atoms with Crippen LogP contribution < -0.4 is 4.90 Å². The Morgan fingerprint density at radius 1 is 1.10 bits per heavy atom. The van der Waals surface area contributed by atoms with E-state index < -0.39 is 0 Å². The van der Waals surface area contributed by atoms with Crippen LogP contribution in [0.3, 0.4) is 0 Å². The topological polar surface area (TPSA) is 29.0 Å². The number of hydrogen-bond acceptors (Lipinski definition) is 4. The average molecular weight is 320 g/mol. The van der Waals surface area contributed by atoms with Gasteiger partial charge in [0.25, 0.3) is 0 Å². The van der Waals surface area contributed by atoms with E-state index in [1.807, 2.05) is 18.2 Å². The van der Waals surface area contributed by atoms with Crippen molar-refractivity contribution in [3.05, 3.63) is 47.2 Å². The van der Waals surface area contributed by atoms with Gasteiger partial charge in [-0.3, -0.25) is 0 Å². The van der Waals surface area contributed by atoms with E-state index in [9.17, 15) is 0 Å². The summed E-state index contributed by atoms with van der Waals surface area (Å²) in [7, 11) is 0. The van der Waals surface area contributed by atoms with Gasteiger partial charge in [-0.1, -0.05) is 23.7 Å². The molecule has 1 aromatic heterocycles. The first-order valence-corrected chi connectivity index (χ1v) is 8.62. The van der Waals surface area contributed by atoms with Gasteiger partial charge in [-0.2, -0.15) is 0 Å². The highest BCUT2D eigenvalue weighted by Crippen LogP contribution is 2.25. The molecule has 2 heterocycles. The minimum absolute atomic E-state index is 0.782. The molecule has 0 bridgehead atoms. The normalized spacial score (nSPS) is 15.2. The molecule has 1 aromatic carbocycles. The van der Waals surface area contributed by atoms with E-state index in [1.54, 1.807) is 18.1 Å². The third-order valence-electron chi connectivity index (χ3n) is 3.58. The summed E-state index contributed by atoms with van der Waals surface area (Å²) in [5.74, 6) is 1.93. The average Bonchev–Trinajstić information content (AvgIpc) is 2.54. The molecule has 0 radical (unpaired) electrons. The molecule has 1 fully saturated rings. The van der Waals surface area contributed by atoms with Crippen molar-refractivity contribution in [3.63, 3.8) is 0 Å². The Hall–Kier alpha value is -1.26. The molecule has 0 atom stereocenters. The quantitative estimate of drug-likeness (QED) is 0.616. The molecule has 3 rings (SSSR count). The molecule has 0 N–H and O–H groups in total. The number of halogens is 1. The number of benzene rings is 1. The highest BCUT2D eigenvalue weighted by atomic mass is 35.5. The lowest BCUT2D eigenvalue weighted by Crippen LogP contribution is -2.30. The van der Waals surface area contributed by atoms with Gasteiger partial charge >= 0.3 is 0 Å². The number of rotatable bonds is 4. The number of anilines is 1. The first-order chi connectivity index (χ1) is 10.3. The van der Waals surface area contributed by atoms with Crippen LogP contribution in [0.25, 0.3) is 0 Å². The van der Waals surface area contributed by atoms with Crippen LogP contribution >= 0.6 is 23.4 Å². The Kier molecular flexibility index (Phi) is 4.99. The van der Waals surface area contributed by atoms with Gasteiger partial charge in [0, 0.05) is 29.9 Å². The van der Waals surface area contributed by atoms with E-state index in [0.717, 1.165) is 34.7 Å². The molecular weight excluding hydrogens is 302 g/mol. The van der Waals surface area contributed by atoms with Gasteiger partial charge in [-0.05, 0) is 37.0 Å². The summed E-state index contributed by atoms with van der Waals surface area (Å²) in [5, 5.41) is 1.80. The summed E-state index contributed by atoms with van der Waals surface area (Å²) in [5.41, 5.74) is 1.21. The van der Waals surface area contributed by atoms with Crippen LogP contribution in [0.15, 0.2) is 41.7 Å². The standard InChI is InChI=1S/C16H18ClN3S/c17-14-6-4-5-13(9-14)11-21-16-10-15(18-12-19-16)20-7-2-1-3-8-20/h4-6,9-10,12H,1-3,7-8,11H2. The van der Waals surface area contributed by atoms with Gasteiger partial charge in [0.05, 0.1) is 0 Å². The summed E-state index contributed by atoms with van der Waals surface area (Å²) < 4.78 is 0. The van der Waals surface area contributed by atoms with Gasteiger partial charge < -0.3 is 4.90 Å². The molecule has 2 aromatic rings. The van der Waals surface area contributed by atoms with Crippen LogP contribution in [0.1, 0.15) is 24.8 Å². The van der Waals surface area contributed by atoms with Gasteiger partial charge in [-0.25, -0.2) is 9.97 Å². The maximum Gasteiger partial charge on any atom is 0.133 e. The summed E-state index contributed by atoms with van der Waals surface area (Å²) in [6.07, 6.45) is 5.52. The summed E-state index contributed by atoms with van der Waals surface area (Å²) in [4.78, 5) is 11.1. The van der Waals surface area contributed by atoms with Crippen molar-refractivity contribution < 1.29 is 0 Å². The third-order valence-corrected chi connectivity index (χ3v) is 4.82. The summed E-state index contributed by atoms with van der Waals surface area (Å²) >= 11 is 7.74. The van der Waals surface area contributed by atoms with Gasteiger partial charge in [-0.15, -0.1) is 11.8 Å². The van der Waals surface area contributed by atoms with E-state index in [0.29, 0.717) is 0 Å². The van der Waals surface area contributed by atoms with Crippen LogP contribution in [0.5, 0.6) is 0 Å². The molecule has 110 valence electrons. The Morgan fingerprint density at radius 3 is 2.76 bits per heavy atom. The van der Waals surface area contributed by atoms with E-state index in [2.05, 4.69) is 27.0 Å². The lowest BCUT2D eigenvalue weighted by molar-refractivity contribution is 0.572. The maximum atomic E-state index is 6.01. The lowest BCUT2D eigenvalue weighted by Gasteiger charge is -2.27. The highest BCUT2D eigenvalue weighted by molar-refractivity contribution is 7.98. The van der Waals surface area contributed by atoms with Crippen LogP contribution in [0.2, 0.25) is 5.02 Å². The molecule has 0 spiro atoms. The molecule has 0 saturated carbocycles. The second kappa shape index (κ2) is 7.14. The van der Waals surface area contributed by atoms with E-state index in [1.165, 1.54) is 24.8 Å². The highest BCUT2D eigenvalue weighted by Gasteiger charge is 2.12. The zero-order valence-corrected chi connectivity index (χ0v) is 13.4. The Balaban J connectivity index is 1.65. The molecular formula is C16H18ClN3S. The Labute approximate surface area is 134 Å². The lowest BCUT2D eigenvalue weighted by atomic mass is 10.1. The van der Waals surface area contributed by atoms with E-state index in [4.69, 9.17) is 11.6 Å². The number of thioether (sulfide) groups is 1. The number of hydrogen-bond donors (Lipinski definition) is 0. The first kappa shape index (κ1) is 14.7. The molecule has 1 aliphatic rings. The molecule has 0 aliphatic carbocycles. The van der Waals surface area contributed by atoms with Crippen molar-refractivity contribution in [1.29, 1.82) is 0 Å². The van der Waals surface area contributed by atoms with Crippen LogP contribution in [-0.2, 0) is 5.75 Å². The van der Waals surface area contributed by atoms with Crippen molar-refractivity contribution in [1.82, 2.24) is 9.97 Å². The monoisotopic (exact) mass is 319 g/mol. The van der Waals surface area contributed by atoms with Crippen molar-refractivity contribution in [2.45, 2.75) is 30.0 Å². The zero-order chi connectivity index (χ0) is 14.5. The molecule has 1 saturated heterocycles. The fourth-order valence-corrected chi connectivity index (χ4v) is 3.51. The predicted octanol–water partition coefficient (Wildman–Crippen LogP) is 4.41. The van der Waals surface area contributed by atoms with E-state index in [-0.39, 0.29) is 0 Å². The van der Waals surface area contributed by atoms with Gasteiger partial charge in [0.1, 0.15) is 17.2 Å². The van der Waals surface area contributed by atoms with Crippen molar-refractivity contribution in [2.24, 2.45) is 0 Å². The molecule has 0 amide bonds. The van der Waals surface area contributed by atoms with Gasteiger partial charge in [0.2, 0.25) is 0 Å². The molecule has 5 heteroatoms. The third kappa shape index (κ3) is 4.11. The molecule has 3 nitrogen and oxygen atoms in total.